The maximum atomic E-state index is 12.1. The first-order valence-electron chi connectivity index (χ1n) is 8.03. The molecule has 3 nitrogen and oxygen atoms in total. The zero-order valence-corrected chi connectivity index (χ0v) is 13.6. The fourth-order valence-electron chi connectivity index (χ4n) is 3.93. The molecule has 22 heavy (non-hydrogen) atoms. The van der Waals surface area contributed by atoms with Crippen LogP contribution in [0.1, 0.15) is 39.0 Å². The third-order valence-electron chi connectivity index (χ3n) is 4.88. The fraction of sp³-hybridized carbons (Fsp3) is 0.500. The number of nitrogens with zero attached hydrogens (tertiary/aromatic N) is 1. The summed E-state index contributed by atoms with van der Waals surface area (Å²) in [5.74, 6) is 0.636. The van der Waals surface area contributed by atoms with Crippen molar-refractivity contribution in [2.75, 3.05) is 11.4 Å². The van der Waals surface area contributed by atoms with Crippen LogP contribution >= 0.6 is 11.6 Å². The van der Waals surface area contributed by atoms with Crippen LogP contribution in [0, 0.1) is 5.92 Å². The Labute approximate surface area is 136 Å². The molecule has 1 fully saturated rings. The van der Waals surface area contributed by atoms with Gasteiger partial charge in [0.25, 0.3) is 0 Å². The van der Waals surface area contributed by atoms with Crippen molar-refractivity contribution < 1.29 is 9.90 Å². The number of anilines is 1. The van der Waals surface area contributed by atoms with Gasteiger partial charge >= 0.3 is 0 Å². The van der Waals surface area contributed by atoms with Crippen LogP contribution < -0.4 is 4.90 Å². The van der Waals surface area contributed by atoms with E-state index < -0.39 is 0 Å². The van der Waals surface area contributed by atoms with Crippen molar-refractivity contribution in [3.63, 3.8) is 0 Å². The monoisotopic (exact) mass is 319 g/mol. The lowest BCUT2D eigenvalue weighted by Crippen LogP contribution is -2.40. The fourth-order valence-corrected chi connectivity index (χ4v) is 4.11. The molecule has 2 aliphatic rings. The molecule has 118 valence electrons. The van der Waals surface area contributed by atoms with Gasteiger partial charge in [-0.15, -0.1) is 0 Å². The van der Waals surface area contributed by atoms with Gasteiger partial charge in [0.05, 0.1) is 18.2 Å². The third-order valence-corrected chi connectivity index (χ3v) is 5.11. The standard InChI is InChI=1S/C18H22ClNO2/c1-12(21)17-16(22)11-20(15-9-5-8-14(19)10-15)18(17)13-6-3-2-4-7-13/h5,8-10,13,18,22H,2-4,6-7,11H2,1H3. The Morgan fingerprint density at radius 1 is 1.27 bits per heavy atom. The van der Waals surface area contributed by atoms with Crippen molar-refractivity contribution in [1.29, 1.82) is 0 Å². The van der Waals surface area contributed by atoms with E-state index in [4.69, 9.17) is 11.6 Å². The van der Waals surface area contributed by atoms with Crippen LogP contribution in [-0.2, 0) is 4.79 Å². The maximum Gasteiger partial charge on any atom is 0.161 e. The van der Waals surface area contributed by atoms with Gasteiger partial charge in [0.1, 0.15) is 5.76 Å². The lowest BCUT2D eigenvalue weighted by Gasteiger charge is -2.36. The first kappa shape index (κ1) is 15.4. The smallest absolute Gasteiger partial charge is 0.161 e. The zero-order valence-electron chi connectivity index (χ0n) is 12.9. The number of rotatable bonds is 3. The van der Waals surface area contributed by atoms with Crippen molar-refractivity contribution >= 4 is 23.1 Å². The van der Waals surface area contributed by atoms with Crippen LogP contribution in [0.25, 0.3) is 0 Å². The summed E-state index contributed by atoms with van der Waals surface area (Å²) >= 11 is 6.12. The van der Waals surface area contributed by atoms with Crippen LogP contribution in [0.5, 0.6) is 0 Å². The molecule has 4 heteroatoms. The summed E-state index contributed by atoms with van der Waals surface area (Å²) in [5.41, 5.74) is 1.58. The molecule has 1 aromatic rings. The van der Waals surface area contributed by atoms with Gasteiger partial charge in [-0.05, 0) is 43.9 Å². The average molecular weight is 320 g/mol. The second kappa shape index (κ2) is 6.33. The highest BCUT2D eigenvalue weighted by atomic mass is 35.5. The number of carbonyl (C=O) groups is 1. The number of Topliss-reactive ketones (excluding diaryl/α,β-unsaturated/α-hetero) is 1. The number of hydrogen-bond donors (Lipinski definition) is 1. The Hall–Kier alpha value is -1.48. The van der Waals surface area contributed by atoms with E-state index in [2.05, 4.69) is 4.90 Å². The van der Waals surface area contributed by atoms with Gasteiger partial charge in [-0.2, -0.15) is 0 Å². The zero-order chi connectivity index (χ0) is 15.7. The first-order chi connectivity index (χ1) is 10.6. The van der Waals surface area contributed by atoms with E-state index in [-0.39, 0.29) is 17.6 Å². The van der Waals surface area contributed by atoms with Crippen LogP contribution in [0.3, 0.4) is 0 Å². The summed E-state index contributed by atoms with van der Waals surface area (Å²) in [6.45, 7) is 1.96. The minimum atomic E-state index is -0.0173. The largest absolute Gasteiger partial charge is 0.510 e. The molecule has 0 aromatic heterocycles. The van der Waals surface area contributed by atoms with Gasteiger partial charge in [-0.25, -0.2) is 0 Å². The molecule has 0 radical (unpaired) electrons. The van der Waals surface area contributed by atoms with Crippen LogP contribution in [0.15, 0.2) is 35.6 Å². The van der Waals surface area contributed by atoms with Gasteiger partial charge in [-0.3, -0.25) is 4.79 Å². The van der Waals surface area contributed by atoms with Crippen molar-refractivity contribution in [3.8, 4) is 0 Å². The summed E-state index contributed by atoms with van der Waals surface area (Å²) in [6, 6.07) is 7.65. The van der Waals surface area contributed by atoms with E-state index in [1.54, 1.807) is 6.92 Å². The van der Waals surface area contributed by atoms with E-state index in [1.165, 1.54) is 19.3 Å². The van der Waals surface area contributed by atoms with Crippen LogP contribution in [-0.4, -0.2) is 23.5 Å². The van der Waals surface area contributed by atoms with Crippen molar-refractivity contribution in [1.82, 2.24) is 0 Å². The Kier molecular flexibility index (Phi) is 4.44. The van der Waals surface area contributed by atoms with Crippen LogP contribution in [0.2, 0.25) is 5.02 Å². The lowest BCUT2D eigenvalue weighted by atomic mass is 9.80. The molecule has 1 saturated carbocycles. The topological polar surface area (TPSA) is 40.5 Å². The van der Waals surface area contributed by atoms with E-state index in [0.717, 1.165) is 18.5 Å². The molecule has 1 aromatic carbocycles. The number of hydrogen-bond acceptors (Lipinski definition) is 3. The summed E-state index contributed by atoms with van der Waals surface area (Å²) in [5, 5.41) is 11.0. The normalized spacial score (nSPS) is 23.2. The Bertz CT molecular complexity index is 605. The Morgan fingerprint density at radius 3 is 2.64 bits per heavy atom. The molecule has 1 aliphatic carbocycles. The molecule has 1 unspecified atom stereocenters. The lowest BCUT2D eigenvalue weighted by molar-refractivity contribution is -0.114. The van der Waals surface area contributed by atoms with Gasteiger partial charge in [0.2, 0.25) is 0 Å². The van der Waals surface area contributed by atoms with Crippen molar-refractivity contribution in [2.45, 2.75) is 45.1 Å². The highest BCUT2D eigenvalue weighted by Crippen LogP contribution is 2.39. The molecule has 0 spiro atoms. The first-order valence-corrected chi connectivity index (χ1v) is 8.41. The number of aliphatic hydroxyl groups is 1. The SMILES string of the molecule is CC(=O)C1=C(O)CN(c2cccc(Cl)c2)C1C1CCCCC1. The highest BCUT2D eigenvalue weighted by Gasteiger charge is 2.40. The van der Waals surface area contributed by atoms with Gasteiger partial charge in [0.15, 0.2) is 5.78 Å². The number of benzene rings is 1. The molecule has 1 atom stereocenters. The summed E-state index contributed by atoms with van der Waals surface area (Å²) in [6.07, 6.45) is 5.91. The van der Waals surface area contributed by atoms with Gasteiger partial charge < -0.3 is 10.0 Å². The van der Waals surface area contributed by atoms with E-state index >= 15 is 0 Å². The van der Waals surface area contributed by atoms with Gasteiger partial charge in [-0.1, -0.05) is 36.9 Å². The van der Waals surface area contributed by atoms with Crippen molar-refractivity contribution in [3.05, 3.63) is 40.6 Å². The number of carbonyl (C=O) groups excluding carboxylic acids is 1. The van der Waals surface area contributed by atoms with Gasteiger partial charge in [0, 0.05) is 10.7 Å². The summed E-state index contributed by atoms with van der Waals surface area (Å²) in [4.78, 5) is 14.2. The maximum absolute atomic E-state index is 12.1. The Morgan fingerprint density at radius 2 is 2.00 bits per heavy atom. The average Bonchev–Trinajstić information content (AvgIpc) is 2.86. The number of aliphatic hydroxyl groups excluding tert-OH is 1. The predicted octanol–water partition coefficient (Wildman–Crippen LogP) is 4.51. The third kappa shape index (κ3) is 2.87. The second-order valence-electron chi connectivity index (χ2n) is 6.37. The Balaban J connectivity index is 1.97. The van der Waals surface area contributed by atoms with Crippen LogP contribution in [0.4, 0.5) is 5.69 Å². The summed E-state index contributed by atoms with van der Waals surface area (Å²) < 4.78 is 0. The predicted molar refractivity (Wildman–Crippen MR) is 89.5 cm³/mol. The summed E-state index contributed by atoms with van der Waals surface area (Å²) in [7, 11) is 0. The number of ketones is 1. The van der Waals surface area contributed by atoms with E-state index in [9.17, 15) is 9.90 Å². The minimum Gasteiger partial charge on any atom is -0.510 e. The molecule has 0 saturated heterocycles. The number of halogens is 1. The molecular weight excluding hydrogens is 298 g/mol. The molecular formula is C18H22ClNO2. The van der Waals surface area contributed by atoms with E-state index in [0.29, 0.717) is 23.1 Å². The molecule has 3 rings (SSSR count). The highest BCUT2D eigenvalue weighted by molar-refractivity contribution is 6.30. The van der Waals surface area contributed by atoms with Crippen molar-refractivity contribution in [2.24, 2.45) is 5.92 Å². The molecule has 1 N–H and O–H groups in total. The molecule has 0 bridgehead atoms. The second-order valence-corrected chi connectivity index (χ2v) is 6.80. The van der Waals surface area contributed by atoms with E-state index in [1.807, 2.05) is 24.3 Å². The minimum absolute atomic E-state index is 0.0161. The molecule has 0 amide bonds. The molecule has 1 heterocycles. The molecule has 1 aliphatic heterocycles. The quantitative estimate of drug-likeness (QED) is 0.891.